The Bertz CT molecular complexity index is 1600. The fourth-order valence-corrected chi connectivity index (χ4v) is 6.20. The Morgan fingerprint density at radius 1 is 1.16 bits per heavy atom. The van der Waals surface area contributed by atoms with Crippen LogP contribution in [0.2, 0.25) is 0 Å². The van der Waals surface area contributed by atoms with Crippen LogP contribution in [0.15, 0.2) is 67.6 Å². The van der Waals surface area contributed by atoms with Crippen LogP contribution in [0, 0.1) is 24.2 Å². The zero-order valence-electron chi connectivity index (χ0n) is 21.8. The third kappa shape index (κ3) is 3.70. The number of carbonyl (C=O) groups excluding carboxylic acids is 2. The number of likely N-dealkylation sites (tertiary alicyclic amines) is 1. The summed E-state index contributed by atoms with van der Waals surface area (Å²) in [5, 5.41) is 0. The number of ketones is 1. The van der Waals surface area contributed by atoms with Crippen molar-refractivity contribution >= 4 is 23.0 Å². The van der Waals surface area contributed by atoms with Crippen LogP contribution in [0.1, 0.15) is 47.3 Å². The highest BCUT2D eigenvalue weighted by atomic mass is 16.2. The number of anilines is 1. The Hall–Kier alpha value is -4.33. The van der Waals surface area contributed by atoms with Crippen LogP contribution in [0.4, 0.5) is 5.82 Å². The Kier molecular flexibility index (Phi) is 5.45. The fraction of sp³-hybridized carbons (Fsp3) is 0.300. The minimum atomic E-state index is -0.189. The molecule has 6 rings (SSSR count). The van der Waals surface area contributed by atoms with E-state index in [4.69, 9.17) is 10.7 Å². The van der Waals surface area contributed by atoms with Crippen LogP contribution in [-0.2, 0) is 11.2 Å². The quantitative estimate of drug-likeness (QED) is 0.306. The number of hydrogen-bond donors (Lipinski definition) is 1. The van der Waals surface area contributed by atoms with Crippen molar-refractivity contribution in [2.45, 2.75) is 33.2 Å². The molecule has 0 spiro atoms. The molecule has 1 aromatic carbocycles. The number of piperidine rings is 1. The molecular formula is C30H30N6O2. The number of nitrogen functional groups attached to an aromatic ring is 1. The van der Waals surface area contributed by atoms with E-state index in [9.17, 15) is 9.59 Å². The second-order valence-electron chi connectivity index (χ2n) is 10.9. The van der Waals surface area contributed by atoms with Crippen LogP contribution < -0.4 is 5.73 Å². The first-order valence-corrected chi connectivity index (χ1v) is 12.8. The van der Waals surface area contributed by atoms with Crippen LogP contribution in [0.3, 0.4) is 0 Å². The standard InChI is InChI=1S/C30H30N6O2/c1-5-23(38)36-16-21-24(30(21,3)4)26(36)29-34-25(27-28(31)33-12-13-35(27)29)19-8-6-18(7-9-19)22(37)15-20-14-17(2)10-11-32-20/h5-14,21,24,26H,1,15-16H2,2-4H3,(H2,31,33)/t21-,24-,26-/m0/s1. The van der Waals surface area contributed by atoms with E-state index in [1.165, 1.54) is 6.08 Å². The molecule has 1 aliphatic heterocycles. The highest BCUT2D eigenvalue weighted by Gasteiger charge is 2.68. The summed E-state index contributed by atoms with van der Waals surface area (Å²) < 4.78 is 1.96. The molecule has 0 unspecified atom stereocenters. The molecule has 192 valence electrons. The summed E-state index contributed by atoms with van der Waals surface area (Å²) >= 11 is 0. The monoisotopic (exact) mass is 506 g/mol. The van der Waals surface area contributed by atoms with E-state index in [-0.39, 0.29) is 29.6 Å². The lowest BCUT2D eigenvalue weighted by Gasteiger charge is -2.29. The number of amides is 1. The van der Waals surface area contributed by atoms with E-state index in [1.54, 1.807) is 12.4 Å². The van der Waals surface area contributed by atoms with Crippen molar-refractivity contribution in [1.82, 2.24) is 24.3 Å². The third-order valence-electron chi connectivity index (χ3n) is 8.34. The number of pyridine rings is 1. The first-order valence-electron chi connectivity index (χ1n) is 12.8. The summed E-state index contributed by atoms with van der Waals surface area (Å²) in [6.45, 7) is 10.9. The van der Waals surface area contributed by atoms with Crippen molar-refractivity contribution in [1.29, 1.82) is 0 Å². The topological polar surface area (TPSA) is 106 Å². The zero-order chi connectivity index (χ0) is 26.8. The maximum absolute atomic E-state index is 12.9. The number of fused-ring (bicyclic) bond motifs is 2. The predicted octanol–water partition coefficient (Wildman–Crippen LogP) is 4.45. The van der Waals surface area contributed by atoms with Gasteiger partial charge in [0.2, 0.25) is 5.91 Å². The van der Waals surface area contributed by atoms with Crippen LogP contribution in [0.25, 0.3) is 16.8 Å². The van der Waals surface area contributed by atoms with Crippen molar-refractivity contribution in [3.8, 4) is 11.3 Å². The molecule has 3 aromatic heterocycles. The Morgan fingerprint density at radius 2 is 1.92 bits per heavy atom. The van der Waals surface area contributed by atoms with Crippen molar-refractivity contribution in [3.63, 3.8) is 0 Å². The van der Waals surface area contributed by atoms with Crippen LogP contribution >= 0.6 is 0 Å². The number of rotatable bonds is 6. The predicted molar refractivity (Wildman–Crippen MR) is 145 cm³/mol. The van der Waals surface area contributed by atoms with E-state index >= 15 is 0 Å². The molecule has 4 heterocycles. The molecule has 0 radical (unpaired) electrons. The molecule has 2 aliphatic rings. The second kappa shape index (κ2) is 8.62. The Labute approximate surface area is 221 Å². The number of benzene rings is 1. The van der Waals surface area contributed by atoms with Crippen LogP contribution in [0.5, 0.6) is 0 Å². The van der Waals surface area contributed by atoms with Gasteiger partial charge in [0.05, 0.1) is 12.5 Å². The number of hydrogen-bond acceptors (Lipinski definition) is 6. The molecule has 2 N–H and O–H groups in total. The molecule has 1 saturated heterocycles. The first-order chi connectivity index (χ1) is 18.2. The minimum Gasteiger partial charge on any atom is -0.382 e. The van der Waals surface area contributed by atoms with Gasteiger partial charge in [0.15, 0.2) is 5.78 Å². The molecule has 8 nitrogen and oxygen atoms in total. The molecule has 38 heavy (non-hydrogen) atoms. The smallest absolute Gasteiger partial charge is 0.246 e. The number of nitrogens with two attached hydrogens (primary N) is 1. The van der Waals surface area contributed by atoms with Gasteiger partial charge in [-0.1, -0.05) is 44.7 Å². The summed E-state index contributed by atoms with van der Waals surface area (Å²) in [5.41, 5.74) is 11.1. The molecular weight excluding hydrogens is 476 g/mol. The molecule has 1 aliphatic carbocycles. The first kappa shape index (κ1) is 24.0. The number of carbonyl (C=O) groups is 2. The highest BCUT2D eigenvalue weighted by Crippen LogP contribution is 2.69. The molecule has 3 atom stereocenters. The Morgan fingerprint density at radius 3 is 2.63 bits per heavy atom. The van der Waals surface area contributed by atoms with Gasteiger partial charge in [0.25, 0.3) is 0 Å². The largest absolute Gasteiger partial charge is 0.382 e. The van der Waals surface area contributed by atoms with E-state index in [2.05, 4.69) is 30.4 Å². The average molecular weight is 507 g/mol. The molecule has 8 heteroatoms. The van der Waals surface area contributed by atoms with E-state index < -0.39 is 0 Å². The number of aromatic nitrogens is 4. The molecule has 2 fully saturated rings. The van der Waals surface area contributed by atoms with Crippen molar-refractivity contribution in [2.24, 2.45) is 17.3 Å². The normalized spacial score (nSPS) is 21.3. The number of imidazole rings is 1. The van der Waals surface area contributed by atoms with Gasteiger partial charge in [-0.05, 0) is 47.9 Å². The van der Waals surface area contributed by atoms with Gasteiger partial charge in [-0.25, -0.2) is 9.97 Å². The Balaban J connectivity index is 1.38. The lowest BCUT2D eigenvalue weighted by atomic mass is 10.0. The van der Waals surface area contributed by atoms with E-state index in [0.29, 0.717) is 41.0 Å². The third-order valence-corrected chi connectivity index (χ3v) is 8.34. The van der Waals surface area contributed by atoms with E-state index in [1.807, 2.05) is 58.8 Å². The number of aryl methyl sites for hydroxylation is 1. The van der Waals surface area contributed by atoms with Crippen molar-refractivity contribution in [3.05, 3.63) is 90.3 Å². The number of nitrogens with zero attached hydrogens (tertiary/aromatic N) is 5. The van der Waals surface area contributed by atoms with Gasteiger partial charge in [-0.3, -0.25) is 19.0 Å². The lowest BCUT2D eigenvalue weighted by molar-refractivity contribution is -0.128. The maximum Gasteiger partial charge on any atom is 0.246 e. The summed E-state index contributed by atoms with van der Waals surface area (Å²) in [7, 11) is 0. The van der Waals surface area contributed by atoms with E-state index in [0.717, 1.165) is 22.6 Å². The molecule has 4 aromatic rings. The molecule has 0 bridgehead atoms. The lowest BCUT2D eigenvalue weighted by Crippen LogP contribution is -2.35. The van der Waals surface area contributed by atoms with Gasteiger partial charge in [-0.2, -0.15) is 0 Å². The molecule has 1 amide bonds. The van der Waals surface area contributed by atoms with Gasteiger partial charge in [-0.15, -0.1) is 0 Å². The summed E-state index contributed by atoms with van der Waals surface area (Å²) in [5.74, 6) is 1.75. The fourth-order valence-electron chi connectivity index (χ4n) is 6.20. The van der Waals surface area contributed by atoms with Crippen LogP contribution in [-0.4, -0.2) is 42.5 Å². The summed E-state index contributed by atoms with van der Waals surface area (Å²) in [6, 6.07) is 11.1. The highest BCUT2D eigenvalue weighted by molar-refractivity contribution is 5.98. The average Bonchev–Trinajstić information content (AvgIpc) is 3.24. The van der Waals surface area contributed by atoms with Crippen molar-refractivity contribution < 1.29 is 9.59 Å². The maximum atomic E-state index is 12.9. The second-order valence-corrected chi connectivity index (χ2v) is 10.9. The number of Topliss-reactive ketones (excluding diaryl/α,β-unsaturated/α-hetero) is 1. The zero-order valence-corrected chi connectivity index (χ0v) is 21.8. The summed E-state index contributed by atoms with van der Waals surface area (Å²) in [4.78, 5) is 41.3. The summed E-state index contributed by atoms with van der Waals surface area (Å²) in [6.07, 6.45) is 6.84. The van der Waals surface area contributed by atoms with Gasteiger partial charge >= 0.3 is 0 Å². The SMILES string of the molecule is C=CC(=O)N1C[C@H]2[C@@H]([C@H]1c1nc(-c3ccc(C(=O)Cc4cc(C)ccn4)cc3)c3c(N)nccn13)C2(C)C. The minimum absolute atomic E-state index is 0.00207. The van der Waals surface area contributed by atoms with Crippen molar-refractivity contribution in [2.75, 3.05) is 12.3 Å². The van der Waals surface area contributed by atoms with Gasteiger partial charge < -0.3 is 10.6 Å². The van der Waals surface area contributed by atoms with Gasteiger partial charge in [0.1, 0.15) is 22.9 Å². The van der Waals surface area contributed by atoms with Gasteiger partial charge in [0, 0.05) is 42.0 Å². The molecule has 1 saturated carbocycles.